The van der Waals surface area contributed by atoms with E-state index in [9.17, 15) is 34.4 Å². The number of nitrogens with one attached hydrogen (secondary N) is 1. The van der Waals surface area contributed by atoms with Gasteiger partial charge >= 0.3 is 5.69 Å². The molecule has 2 aliphatic rings. The largest absolute Gasteiger partial charge is 0.756 e. The third-order valence-corrected chi connectivity index (χ3v) is 5.01. The highest BCUT2D eigenvalue weighted by molar-refractivity contribution is 7.44. The molecule has 5 N–H and O–H groups in total. The molecule has 0 saturated heterocycles. The topological polar surface area (TPSA) is 211 Å². The summed E-state index contributed by atoms with van der Waals surface area (Å²) in [7, 11) is -5.18. The number of rotatable bonds is 6. The number of H-pyrrole nitrogens is 1. The molecule has 0 aromatic heterocycles. The molecule has 14 heteroatoms. The molecule has 0 amide bonds. The van der Waals surface area contributed by atoms with E-state index in [1.165, 1.54) is 0 Å². The minimum absolute atomic E-state index is 0.180. The second-order valence-corrected chi connectivity index (χ2v) is 7.88. The number of aromatic amines is 1. The van der Waals surface area contributed by atoms with Crippen molar-refractivity contribution in [3.05, 3.63) is 44.1 Å². The number of phosphoric ester groups is 1. The number of aliphatic hydroxyl groups excluding tert-OH is 3. The van der Waals surface area contributed by atoms with Gasteiger partial charge in [-0.2, -0.15) is 4.98 Å². The average molecular weight is 441 g/mol. The molecule has 0 radical (unpaired) electrons. The van der Waals surface area contributed by atoms with Crippen molar-refractivity contribution in [2.45, 2.75) is 32.3 Å². The van der Waals surface area contributed by atoms with Crippen molar-refractivity contribution in [2.75, 3.05) is 6.61 Å². The van der Waals surface area contributed by atoms with Gasteiger partial charge in [0.15, 0.2) is 17.7 Å². The minimum Gasteiger partial charge on any atom is -0.756 e. The molecular formula is C16H18N4O9P-. The van der Waals surface area contributed by atoms with Crippen LogP contribution in [0, 0.1) is 13.8 Å². The summed E-state index contributed by atoms with van der Waals surface area (Å²) < 4.78 is 15.7. The lowest BCUT2D eigenvalue weighted by Crippen LogP contribution is -2.40. The minimum atomic E-state index is -5.18. The molecule has 13 nitrogen and oxygen atoms in total. The van der Waals surface area contributed by atoms with Crippen molar-refractivity contribution < 1.29 is 34.2 Å². The molecular weight excluding hydrogens is 423 g/mol. The second-order valence-electron chi connectivity index (χ2n) is 6.69. The van der Waals surface area contributed by atoms with E-state index in [2.05, 4.69) is 14.5 Å². The first-order valence-electron chi connectivity index (χ1n) is 8.55. The summed E-state index contributed by atoms with van der Waals surface area (Å²) in [6.07, 6.45) is -6.04. The first-order chi connectivity index (χ1) is 13.9. The Hall–Kier alpha value is -2.51. The smallest absolute Gasteiger partial charge is 0.349 e. The van der Waals surface area contributed by atoms with Crippen molar-refractivity contribution in [1.82, 2.24) is 19.5 Å². The van der Waals surface area contributed by atoms with Crippen molar-refractivity contribution >= 4 is 18.9 Å². The zero-order chi connectivity index (χ0) is 22.4. The Kier molecular flexibility index (Phi) is 5.89. The maximum Gasteiger partial charge on any atom is 0.349 e. The number of hydrogen-bond acceptors (Lipinski definition) is 10. The molecule has 1 aromatic rings. The fourth-order valence-corrected chi connectivity index (χ4v) is 3.24. The van der Waals surface area contributed by atoms with Crippen molar-refractivity contribution in [3.63, 3.8) is 0 Å². The SMILES string of the molecule is Cc1cc2nc3c(=O)[nH]c(=O)nc-3n([C@H](O)[C@H](O)[C@H](O)COP(=O)([O-])O)c2cc1C. The summed E-state index contributed by atoms with van der Waals surface area (Å²) in [5.74, 6) is -0.365. The van der Waals surface area contributed by atoms with E-state index in [4.69, 9.17) is 4.89 Å². The molecule has 30 heavy (non-hydrogen) atoms. The van der Waals surface area contributed by atoms with E-state index in [-0.39, 0.29) is 22.6 Å². The molecule has 2 aliphatic heterocycles. The van der Waals surface area contributed by atoms with E-state index in [1.807, 2.05) is 4.98 Å². The highest BCUT2D eigenvalue weighted by Gasteiger charge is 2.31. The Bertz CT molecular complexity index is 1230. The van der Waals surface area contributed by atoms with Gasteiger partial charge in [-0.3, -0.25) is 18.9 Å². The Balaban J connectivity index is 2.21. The van der Waals surface area contributed by atoms with Gasteiger partial charge in [-0.1, -0.05) is 0 Å². The predicted octanol–water partition coefficient (Wildman–Crippen LogP) is -2.11. The second kappa shape index (κ2) is 7.96. The van der Waals surface area contributed by atoms with Gasteiger partial charge in [0.25, 0.3) is 13.4 Å². The molecule has 0 fully saturated rings. The fraction of sp³-hybridized carbons (Fsp3) is 0.375. The van der Waals surface area contributed by atoms with E-state index in [0.29, 0.717) is 0 Å². The van der Waals surface area contributed by atoms with Crippen molar-refractivity contribution in [1.29, 1.82) is 0 Å². The summed E-state index contributed by atoms with van der Waals surface area (Å²) in [6, 6.07) is 3.19. The molecule has 162 valence electrons. The number of hydrogen-bond donors (Lipinski definition) is 5. The molecule has 2 heterocycles. The third kappa shape index (κ3) is 4.32. The zero-order valence-electron chi connectivity index (χ0n) is 15.7. The van der Waals surface area contributed by atoms with Gasteiger partial charge in [0.1, 0.15) is 12.2 Å². The van der Waals surface area contributed by atoms with Crippen molar-refractivity contribution in [2.24, 2.45) is 0 Å². The lowest BCUT2D eigenvalue weighted by atomic mass is 10.1. The van der Waals surface area contributed by atoms with Crippen LogP contribution in [0.1, 0.15) is 17.4 Å². The summed E-state index contributed by atoms with van der Waals surface area (Å²) in [5, 5.41) is 31.0. The Morgan fingerprint density at radius 1 is 1.20 bits per heavy atom. The monoisotopic (exact) mass is 441 g/mol. The number of fused-ring (bicyclic) bond motifs is 2. The first kappa shape index (κ1) is 22.2. The zero-order valence-corrected chi connectivity index (χ0v) is 16.6. The van der Waals surface area contributed by atoms with Crippen LogP contribution in [-0.4, -0.2) is 58.5 Å². The average Bonchev–Trinajstić information content (AvgIpc) is 2.64. The first-order valence-corrected chi connectivity index (χ1v) is 10.0. The number of nitrogens with zero attached hydrogens (tertiary/aromatic N) is 3. The predicted molar refractivity (Wildman–Crippen MR) is 99.6 cm³/mol. The molecule has 0 spiro atoms. The van der Waals surface area contributed by atoms with Crippen LogP contribution >= 0.6 is 7.82 Å². The van der Waals surface area contributed by atoms with Gasteiger partial charge in [-0.15, -0.1) is 0 Å². The normalized spacial score (nSPS) is 17.0. The van der Waals surface area contributed by atoms with Crippen LogP contribution in [0.2, 0.25) is 0 Å². The lowest BCUT2D eigenvalue weighted by Gasteiger charge is -2.28. The van der Waals surface area contributed by atoms with Crippen LogP contribution in [0.25, 0.3) is 22.6 Å². The van der Waals surface area contributed by atoms with Crippen LogP contribution < -0.4 is 16.1 Å². The summed E-state index contributed by atoms with van der Waals surface area (Å²) >= 11 is 0. The number of benzene rings is 1. The number of aliphatic hydroxyl groups is 3. The molecule has 0 bridgehead atoms. The molecule has 4 atom stereocenters. The lowest BCUT2D eigenvalue weighted by molar-refractivity contribution is -0.223. The van der Waals surface area contributed by atoms with E-state index >= 15 is 0 Å². The number of phosphoric acid groups is 1. The molecule has 3 rings (SSSR count). The standard InChI is InChI=1S/C16H19N4O9P/c1-6-3-8-9(4-7(6)2)20(13-11(17-8)14(23)19-16(25)18-13)15(24)12(22)10(21)5-29-30(26,27)28/h3-4,10,12,15,21-22,24H,5H2,1-2H3,(H,19,23,25)(H2,26,27,28)/p-1/t10-,12-,15-/m1/s1. The van der Waals surface area contributed by atoms with Gasteiger partial charge < -0.3 is 29.6 Å². The van der Waals surface area contributed by atoms with Gasteiger partial charge in [-0.25, -0.2) is 9.78 Å². The Labute approximate surface area is 167 Å². The van der Waals surface area contributed by atoms with Crippen molar-refractivity contribution in [3.8, 4) is 11.5 Å². The van der Waals surface area contributed by atoms with Crippen LogP contribution in [0.5, 0.6) is 0 Å². The highest BCUT2D eigenvalue weighted by atomic mass is 31.2. The Morgan fingerprint density at radius 2 is 1.83 bits per heavy atom. The van der Waals surface area contributed by atoms with Gasteiger partial charge in [0.2, 0.25) is 0 Å². The molecule has 0 saturated carbocycles. The van der Waals surface area contributed by atoms with E-state index < -0.39 is 44.1 Å². The van der Waals surface area contributed by atoms with Gasteiger partial charge in [0.05, 0.1) is 17.6 Å². The fourth-order valence-electron chi connectivity index (χ4n) is 2.89. The molecule has 0 aliphatic carbocycles. The molecule has 1 aromatic carbocycles. The third-order valence-electron chi connectivity index (χ3n) is 4.54. The van der Waals surface area contributed by atoms with Crippen LogP contribution in [0.3, 0.4) is 0 Å². The summed E-state index contributed by atoms with van der Waals surface area (Å²) in [5.41, 5.74) is -0.235. The van der Waals surface area contributed by atoms with E-state index in [1.54, 1.807) is 26.0 Å². The maximum absolute atomic E-state index is 12.2. The summed E-state index contributed by atoms with van der Waals surface area (Å²) in [6.45, 7) is 2.48. The van der Waals surface area contributed by atoms with Crippen LogP contribution in [0.15, 0.2) is 21.7 Å². The summed E-state index contributed by atoms with van der Waals surface area (Å²) in [4.78, 5) is 53.1. The van der Waals surface area contributed by atoms with Crippen LogP contribution in [-0.2, 0) is 9.09 Å². The number of aryl methyl sites for hydroxylation is 2. The number of aromatic nitrogens is 4. The Morgan fingerprint density at radius 3 is 2.47 bits per heavy atom. The maximum atomic E-state index is 12.2. The molecule has 1 unspecified atom stereocenters. The van der Waals surface area contributed by atoms with Gasteiger partial charge in [-0.05, 0) is 37.1 Å². The van der Waals surface area contributed by atoms with E-state index in [0.717, 1.165) is 15.7 Å². The quantitative estimate of drug-likeness (QED) is 0.206. The van der Waals surface area contributed by atoms with Crippen LogP contribution in [0.4, 0.5) is 0 Å². The highest BCUT2D eigenvalue weighted by Crippen LogP contribution is 2.32. The van der Waals surface area contributed by atoms with Gasteiger partial charge in [0, 0.05) is 0 Å².